The molecule has 150 valence electrons. The first kappa shape index (κ1) is 20.0. The zero-order chi connectivity index (χ0) is 20.4. The maximum atomic E-state index is 6.40. The summed E-state index contributed by atoms with van der Waals surface area (Å²) >= 11 is 17.8. The molecule has 8 heteroatoms. The van der Waals surface area contributed by atoms with E-state index in [4.69, 9.17) is 35.4 Å². The van der Waals surface area contributed by atoms with Crippen LogP contribution in [0.1, 0.15) is 30.3 Å². The van der Waals surface area contributed by atoms with Gasteiger partial charge in [-0.05, 0) is 48.0 Å². The van der Waals surface area contributed by atoms with Gasteiger partial charge in [0, 0.05) is 40.1 Å². The smallest absolute Gasteiger partial charge is 0.214 e. The molecule has 0 fully saturated rings. The van der Waals surface area contributed by atoms with Gasteiger partial charge in [0.25, 0.3) is 0 Å². The number of nitrogens with zero attached hydrogens (tertiary/aromatic N) is 3. The summed E-state index contributed by atoms with van der Waals surface area (Å²) in [6, 6.07) is 14.0. The number of hydrogen-bond donors (Lipinski definition) is 2. The van der Waals surface area contributed by atoms with Crippen molar-refractivity contribution in [2.24, 2.45) is 0 Å². The van der Waals surface area contributed by atoms with E-state index in [1.54, 1.807) is 6.07 Å². The Balaban J connectivity index is 1.64. The molecule has 2 heterocycles. The molecule has 0 saturated carbocycles. The number of benzene rings is 2. The third kappa shape index (κ3) is 4.20. The van der Waals surface area contributed by atoms with Crippen molar-refractivity contribution < 1.29 is 0 Å². The fourth-order valence-electron chi connectivity index (χ4n) is 3.48. The van der Waals surface area contributed by atoms with Gasteiger partial charge in [-0.2, -0.15) is 5.10 Å². The Morgan fingerprint density at radius 2 is 1.97 bits per heavy atom. The Labute approximate surface area is 184 Å². The first-order valence-corrected chi connectivity index (χ1v) is 10.6. The van der Waals surface area contributed by atoms with Gasteiger partial charge in [0.05, 0.1) is 6.54 Å². The summed E-state index contributed by atoms with van der Waals surface area (Å²) < 4.78 is 4.65. The highest BCUT2D eigenvalue weighted by Crippen LogP contribution is 2.26. The van der Waals surface area contributed by atoms with Gasteiger partial charge in [-0.1, -0.05) is 54.4 Å². The minimum atomic E-state index is 0.574. The molecule has 4 rings (SSSR count). The van der Waals surface area contributed by atoms with E-state index in [1.165, 1.54) is 10.9 Å². The molecule has 0 spiro atoms. The average molecular weight is 446 g/mol. The second kappa shape index (κ2) is 8.61. The van der Waals surface area contributed by atoms with Gasteiger partial charge in [0.1, 0.15) is 0 Å². The highest BCUT2D eigenvalue weighted by molar-refractivity contribution is 7.71. The van der Waals surface area contributed by atoms with Crippen molar-refractivity contribution in [3.05, 3.63) is 80.4 Å². The summed E-state index contributed by atoms with van der Waals surface area (Å²) in [5, 5.41) is 9.68. The van der Waals surface area contributed by atoms with Gasteiger partial charge in [0.2, 0.25) is 4.77 Å². The van der Waals surface area contributed by atoms with Gasteiger partial charge in [-0.3, -0.25) is 5.10 Å². The van der Waals surface area contributed by atoms with E-state index < -0.39 is 0 Å². The Hall–Kier alpha value is -2.28. The number of para-hydroxylation sites is 1. The lowest BCUT2D eigenvalue weighted by Crippen LogP contribution is -2.17. The third-order valence-electron chi connectivity index (χ3n) is 4.87. The molecule has 0 atom stereocenters. The first-order chi connectivity index (χ1) is 14.1. The van der Waals surface area contributed by atoms with Crippen molar-refractivity contribution in [2.75, 3.05) is 5.43 Å². The maximum Gasteiger partial charge on any atom is 0.214 e. The van der Waals surface area contributed by atoms with Crippen LogP contribution in [-0.2, 0) is 19.5 Å². The van der Waals surface area contributed by atoms with E-state index in [9.17, 15) is 0 Å². The highest BCUT2D eigenvalue weighted by Gasteiger charge is 2.11. The van der Waals surface area contributed by atoms with E-state index in [-0.39, 0.29) is 0 Å². The predicted molar refractivity (Wildman–Crippen MR) is 122 cm³/mol. The molecule has 0 amide bonds. The van der Waals surface area contributed by atoms with Crippen LogP contribution in [0.25, 0.3) is 10.9 Å². The van der Waals surface area contributed by atoms with Gasteiger partial charge in [-0.15, -0.1) is 0 Å². The minimum Gasteiger partial charge on any atom is -0.343 e. The molecule has 29 heavy (non-hydrogen) atoms. The van der Waals surface area contributed by atoms with Crippen LogP contribution in [0.3, 0.4) is 0 Å². The highest BCUT2D eigenvalue weighted by atomic mass is 35.5. The summed E-state index contributed by atoms with van der Waals surface area (Å²) in [6.07, 6.45) is 4.02. The third-order valence-corrected chi connectivity index (χ3v) is 5.73. The van der Waals surface area contributed by atoms with Gasteiger partial charge < -0.3 is 9.99 Å². The van der Waals surface area contributed by atoms with Crippen LogP contribution in [0.5, 0.6) is 0 Å². The summed E-state index contributed by atoms with van der Waals surface area (Å²) in [5.41, 5.74) is 6.77. The summed E-state index contributed by atoms with van der Waals surface area (Å²) in [5.74, 6) is 0.911. The number of rotatable bonds is 7. The zero-order valence-electron chi connectivity index (χ0n) is 16.0. The molecule has 0 saturated heterocycles. The normalized spacial score (nSPS) is 11.3. The quantitative estimate of drug-likeness (QED) is 0.345. The number of fused-ring (bicyclic) bond motifs is 1. The van der Waals surface area contributed by atoms with Crippen molar-refractivity contribution in [2.45, 2.75) is 32.9 Å². The summed E-state index contributed by atoms with van der Waals surface area (Å²) in [6.45, 7) is 3.42. The van der Waals surface area contributed by atoms with Gasteiger partial charge >= 0.3 is 0 Å². The Morgan fingerprint density at radius 3 is 2.76 bits per heavy atom. The van der Waals surface area contributed by atoms with Crippen molar-refractivity contribution in [3.8, 4) is 0 Å². The first-order valence-electron chi connectivity index (χ1n) is 9.47. The molecule has 0 aliphatic heterocycles. The second-order valence-electron chi connectivity index (χ2n) is 6.90. The number of H-pyrrole nitrogens is 1. The number of aryl methyl sites for hydroxylation is 1. The molecule has 2 N–H and O–H groups in total. The zero-order valence-corrected chi connectivity index (χ0v) is 18.3. The van der Waals surface area contributed by atoms with Crippen molar-refractivity contribution in [3.63, 3.8) is 0 Å². The van der Waals surface area contributed by atoms with Crippen LogP contribution in [0.4, 0.5) is 0 Å². The SMILES string of the molecule is CCCc1n[nH]c(=S)n1NCc1cn(Cc2ccc(Cl)cc2Cl)c2ccccc12. The molecule has 0 bridgehead atoms. The molecule has 5 nitrogen and oxygen atoms in total. The van der Waals surface area contributed by atoms with Crippen LogP contribution >= 0.6 is 35.4 Å². The number of aromatic nitrogens is 4. The van der Waals surface area contributed by atoms with Crippen LogP contribution in [0, 0.1) is 4.77 Å². The molecule has 0 radical (unpaired) electrons. The van der Waals surface area contributed by atoms with Crippen LogP contribution in [0.15, 0.2) is 48.7 Å². The van der Waals surface area contributed by atoms with Crippen molar-refractivity contribution in [1.82, 2.24) is 19.4 Å². The monoisotopic (exact) mass is 445 g/mol. The second-order valence-corrected chi connectivity index (χ2v) is 8.13. The summed E-state index contributed by atoms with van der Waals surface area (Å²) in [4.78, 5) is 0. The van der Waals surface area contributed by atoms with Crippen molar-refractivity contribution in [1.29, 1.82) is 0 Å². The summed E-state index contributed by atoms with van der Waals surface area (Å²) in [7, 11) is 0. The number of aromatic amines is 1. The predicted octanol–water partition coefficient (Wildman–Crippen LogP) is 5.95. The lowest BCUT2D eigenvalue weighted by molar-refractivity contribution is 0.730. The fraction of sp³-hybridized carbons (Fsp3) is 0.238. The largest absolute Gasteiger partial charge is 0.343 e. The molecular formula is C21H21Cl2N5S. The maximum absolute atomic E-state index is 6.40. The molecule has 2 aromatic heterocycles. The van der Waals surface area contributed by atoms with Gasteiger partial charge in [-0.25, -0.2) is 4.68 Å². The van der Waals surface area contributed by atoms with E-state index in [2.05, 4.69) is 51.5 Å². The topological polar surface area (TPSA) is 50.6 Å². The molecule has 0 unspecified atom stereocenters. The Morgan fingerprint density at radius 1 is 1.14 bits per heavy atom. The molecular weight excluding hydrogens is 425 g/mol. The average Bonchev–Trinajstić information content (AvgIpc) is 3.23. The fourth-order valence-corrected chi connectivity index (χ4v) is 4.16. The van der Waals surface area contributed by atoms with Gasteiger partial charge in [0.15, 0.2) is 5.82 Å². The minimum absolute atomic E-state index is 0.574. The number of halogens is 2. The van der Waals surface area contributed by atoms with E-state index in [1.807, 2.05) is 22.9 Å². The van der Waals surface area contributed by atoms with E-state index in [0.29, 0.717) is 27.9 Å². The Bertz CT molecular complexity index is 1210. The molecule has 0 aliphatic rings. The molecule has 0 aliphatic carbocycles. The lowest BCUT2D eigenvalue weighted by atomic mass is 10.2. The molecule has 2 aromatic carbocycles. The van der Waals surface area contributed by atoms with Crippen molar-refractivity contribution >= 4 is 46.3 Å². The lowest BCUT2D eigenvalue weighted by Gasteiger charge is -2.09. The van der Waals surface area contributed by atoms with Crippen LogP contribution < -0.4 is 5.43 Å². The van der Waals surface area contributed by atoms with Crippen LogP contribution in [0.2, 0.25) is 10.0 Å². The van der Waals surface area contributed by atoms with E-state index >= 15 is 0 Å². The number of hydrogen-bond acceptors (Lipinski definition) is 3. The standard InChI is InChI=1S/C21H21Cl2N5S/c1-2-5-20-25-26-21(29)28(20)24-11-15-13-27(19-7-4-3-6-17(15)19)12-14-8-9-16(22)10-18(14)23/h3-4,6-10,13,24H,2,5,11-12H2,1H3,(H,26,29). The Kier molecular flexibility index (Phi) is 5.94. The number of nitrogens with one attached hydrogen (secondary N) is 2. The molecule has 4 aromatic rings. The van der Waals surface area contributed by atoms with Crippen LogP contribution in [-0.4, -0.2) is 19.4 Å². The van der Waals surface area contributed by atoms with E-state index in [0.717, 1.165) is 29.7 Å².